The van der Waals surface area contributed by atoms with Crippen molar-refractivity contribution in [3.63, 3.8) is 0 Å². The first-order valence-electron chi connectivity index (χ1n) is 5.40. The number of benzene rings is 1. The van der Waals surface area contributed by atoms with Crippen LogP contribution in [0.1, 0.15) is 12.5 Å². The molecular formula is C12H17NO3S. The van der Waals surface area contributed by atoms with E-state index in [-0.39, 0.29) is 18.3 Å². The van der Waals surface area contributed by atoms with Crippen molar-refractivity contribution in [2.45, 2.75) is 19.1 Å². The molecule has 17 heavy (non-hydrogen) atoms. The molecule has 0 aliphatic carbocycles. The van der Waals surface area contributed by atoms with Crippen molar-refractivity contribution < 1.29 is 14.1 Å². The molecule has 0 bridgehead atoms. The Morgan fingerprint density at radius 1 is 1.41 bits per heavy atom. The zero-order valence-electron chi connectivity index (χ0n) is 9.97. The number of nitrogens with one attached hydrogen (secondary N) is 1. The fourth-order valence-electron chi connectivity index (χ4n) is 1.27. The number of aliphatic hydroxyl groups is 1. The fraction of sp³-hybridized carbons (Fsp3) is 0.417. The zero-order valence-corrected chi connectivity index (χ0v) is 10.8. The van der Waals surface area contributed by atoms with Crippen LogP contribution in [0.5, 0.6) is 0 Å². The second-order valence-corrected chi connectivity index (χ2v) is 5.68. The van der Waals surface area contributed by atoms with Gasteiger partial charge in [-0.25, -0.2) is 0 Å². The summed E-state index contributed by atoms with van der Waals surface area (Å²) in [6.45, 7) is 3.38. The van der Waals surface area contributed by atoms with E-state index >= 15 is 0 Å². The molecule has 2 unspecified atom stereocenters. The highest BCUT2D eigenvalue weighted by molar-refractivity contribution is 7.86. The second kappa shape index (κ2) is 6.51. The van der Waals surface area contributed by atoms with Gasteiger partial charge >= 0.3 is 0 Å². The largest absolute Gasteiger partial charge is 0.395 e. The number of aliphatic hydroxyl groups excluding tert-OH is 1. The molecule has 0 aliphatic heterocycles. The van der Waals surface area contributed by atoms with Gasteiger partial charge in [0.1, 0.15) is 5.25 Å². The molecule has 0 fully saturated rings. The van der Waals surface area contributed by atoms with Crippen LogP contribution >= 0.6 is 0 Å². The van der Waals surface area contributed by atoms with Gasteiger partial charge in [-0.2, -0.15) is 0 Å². The number of rotatable bonds is 5. The van der Waals surface area contributed by atoms with E-state index in [1.165, 1.54) is 0 Å². The smallest absolute Gasteiger partial charge is 0.239 e. The van der Waals surface area contributed by atoms with E-state index in [1.807, 2.05) is 19.1 Å². The number of carbonyl (C=O) groups is 1. The molecule has 1 rings (SSSR count). The average Bonchev–Trinajstić information content (AvgIpc) is 2.31. The first-order valence-corrected chi connectivity index (χ1v) is 6.78. The third-order valence-corrected chi connectivity index (χ3v) is 3.96. The highest BCUT2D eigenvalue weighted by Gasteiger charge is 2.19. The first-order chi connectivity index (χ1) is 8.04. The summed E-state index contributed by atoms with van der Waals surface area (Å²) in [4.78, 5) is 11.7. The molecule has 0 radical (unpaired) electrons. The molecule has 0 aromatic heterocycles. The minimum atomic E-state index is -1.33. The predicted octanol–water partition coefficient (Wildman–Crippen LogP) is 1.06. The maximum atomic E-state index is 11.7. The molecule has 2 N–H and O–H groups in total. The van der Waals surface area contributed by atoms with Gasteiger partial charge < -0.3 is 10.4 Å². The van der Waals surface area contributed by atoms with Crippen LogP contribution in [-0.2, 0) is 15.6 Å². The van der Waals surface area contributed by atoms with Crippen molar-refractivity contribution in [3.05, 3.63) is 29.8 Å². The molecule has 2 atom stereocenters. The van der Waals surface area contributed by atoms with Crippen LogP contribution in [0.4, 0.5) is 5.69 Å². The molecule has 4 nitrogen and oxygen atoms in total. The van der Waals surface area contributed by atoms with Crippen LogP contribution in [0.25, 0.3) is 0 Å². The van der Waals surface area contributed by atoms with Crippen molar-refractivity contribution >= 4 is 22.4 Å². The number of anilines is 1. The van der Waals surface area contributed by atoms with Crippen molar-refractivity contribution in [2.24, 2.45) is 0 Å². The Balaban J connectivity index is 2.59. The van der Waals surface area contributed by atoms with E-state index in [2.05, 4.69) is 5.32 Å². The van der Waals surface area contributed by atoms with E-state index in [0.29, 0.717) is 5.69 Å². The zero-order chi connectivity index (χ0) is 12.8. The molecule has 1 amide bonds. The van der Waals surface area contributed by atoms with Gasteiger partial charge in [0.15, 0.2) is 0 Å². The minimum absolute atomic E-state index is 0.127. The van der Waals surface area contributed by atoms with Crippen molar-refractivity contribution in [1.29, 1.82) is 0 Å². The predicted molar refractivity (Wildman–Crippen MR) is 69.4 cm³/mol. The molecule has 1 aromatic rings. The molecule has 0 spiro atoms. The Bertz CT molecular complexity index is 403. The summed E-state index contributed by atoms with van der Waals surface area (Å²) in [5.74, 6) is -0.164. The van der Waals surface area contributed by atoms with Crippen molar-refractivity contribution in [1.82, 2.24) is 0 Å². The van der Waals surface area contributed by atoms with E-state index in [9.17, 15) is 9.00 Å². The van der Waals surface area contributed by atoms with Gasteiger partial charge in [0, 0.05) is 22.2 Å². The summed E-state index contributed by atoms with van der Waals surface area (Å²) in [5.41, 5.74) is 1.80. The summed E-state index contributed by atoms with van der Waals surface area (Å²) >= 11 is 0. The van der Waals surface area contributed by atoms with Crippen molar-refractivity contribution in [2.75, 3.05) is 17.7 Å². The molecule has 0 saturated heterocycles. The van der Waals surface area contributed by atoms with Crippen molar-refractivity contribution in [3.8, 4) is 0 Å². The Kier molecular flexibility index (Phi) is 5.31. The third-order valence-electron chi connectivity index (χ3n) is 2.38. The highest BCUT2D eigenvalue weighted by Crippen LogP contribution is 2.10. The van der Waals surface area contributed by atoms with Gasteiger partial charge in [-0.15, -0.1) is 0 Å². The Labute approximate surface area is 104 Å². The van der Waals surface area contributed by atoms with Gasteiger partial charge in [-0.3, -0.25) is 9.00 Å². The Hall–Kier alpha value is -1.20. The minimum Gasteiger partial charge on any atom is -0.395 e. The normalized spacial score (nSPS) is 14.1. The lowest BCUT2D eigenvalue weighted by atomic mass is 10.2. The number of amides is 1. The van der Waals surface area contributed by atoms with Gasteiger partial charge in [-0.05, 0) is 26.0 Å². The molecule has 1 aromatic carbocycles. The average molecular weight is 255 g/mol. The quantitative estimate of drug-likeness (QED) is 0.827. The van der Waals surface area contributed by atoms with E-state index in [1.54, 1.807) is 19.1 Å². The lowest BCUT2D eigenvalue weighted by Gasteiger charge is -2.11. The first kappa shape index (κ1) is 13.9. The lowest BCUT2D eigenvalue weighted by molar-refractivity contribution is -0.115. The van der Waals surface area contributed by atoms with Crippen LogP contribution in [-0.4, -0.2) is 32.8 Å². The SMILES string of the molecule is Cc1ccc(NC(=O)C(C)S(=O)CCO)cc1. The van der Waals surface area contributed by atoms with Gasteiger partial charge in [0.05, 0.1) is 6.61 Å². The van der Waals surface area contributed by atoms with Gasteiger partial charge in [0.2, 0.25) is 5.91 Å². The second-order valence-electron chi connectivity index (χ2n) is 3.81. The number of carbonyl (C=O) groups excluding carboxylic acids is 1. The topological polar surface area (TPSA) is 66.4 Å². The maximum absolute atomic E-state index is 11.7. The lowest BCUT2D eigenvalue weighted by Crippen LogP contribution is -2.30. The number of aryl methyl sites for hydroxylation is 1. The molecule has 0 saturated carbocycles. The van der Waals surface area contributed by atoms with Crippen LogP contribution < -0.4 is 5.32 Å². The van der Waals surface area contributed by atoms with Gasteiger partial charge in [0.25, 0.3) is 0 Å². The monoisotopic (exact) mass is 255 g/mol. The summed E-state index contributed by atoms with van der Waals surface area (Å²) in [7, 11) is -1.33. The number of hydrogen-bond donors (Lipinski definition) is 2. The van der Waals surface area contributed by atoms with Crippen LogP contribution in [0.3, 0.4) is 0 Å². The maximum Gasteiger partial charge on any atom is 0.239 e. The van der Waals surface area contributed by atoms with E-state index < -0.39 is 16.0 Å². The summed E-state index contributed by atoms with van der Waals surface area (Å²) in [5, 5.41) is 10.7. The van der Waals surface area contributed by atoms with E-state index in [4.69, 9.17) is 5.11 Å². The molecule has 0 aliphatic rings. The Morgan fingerprint density at radius 2 is 2.00 bits per heavy atom. The molecule has 0 heterocycles. The standard InChI is InChI=1S/C12H17NO3S/c1-9-3-5-11(6-4-9)13-12(15)10(2)17(16)8-7-14/h3-6,10,14H,7-8H2,1-2H3,(H,13,15). The third kappa shape index (κ3) is 4.28. The van der Waals surface area contributed by atoms with E-state index in [0.717, 1.165) is 5.56 Å². The number of hydrogen-bond acceptors (Lipinski definition) is 3. The summed E-state index contributed by atoms with van der Waals surface area (Å²) in [6.07, 6.45) is 0. The molecule has 5 heteroatoms. The summed E-state index contributed by atoms with van der Waals surface area (Å²) in [6, 6.07) is 7.39. The van der Waals surface area contributed by atoms with Crippen LogP contribution in [0.2, 0.25) is 0 Å². The van der Waals surface area contributed by atoms with Crippen LogP contribution in [0, 0.1) is 6.92 Å². The van der Waals surface area contributed by atoms with Crippen LogP contribution in [0.15, 0.2) is 24.3 Å². The van der Waals surface area contributed by atoms with Gasteiger partial charge in [-0.1, -0.05) is 17.7 Å². The molecule has 94 valence electrons. The Morgan fingerprint density at radius 3 is 2.53 bits per heavy atom. The highest BCUT2D eigenvalue weighted by atomic mass is 32.2. The molecular weight excluding hydrogens is 238 g/mol. The summed E-state index contributed by atoms with van der Waals surface area (Å²) < 4.78 is 11.5. The fourth-order valence-corrected chi connectivity index (χ4v) is 2.10.